The fraction of sp³-hybridized carbons (Fsp3) is 0.900. The fourth-order valence-corrected chi connectivity index (χ4v) is 3.26. The molecule has 7 nitrogen and oxygen atoms in total. The van der Waals surface area contributed by atoms with Gasteiger partial charge in [0.1, 0.15) is 0 Å². The van der Waals surface area contributed by atoms with Crippen LogP contribution in [-0.2, 0) is 14.9 Å². The maximum absolute atomic E-state index is 11.7. The second-order valence-electron chi connectivity index (χ2n) is 4.82. The van der Waals surface area contributed by atoms with Gasteiger partial charge in [0.05, 0.1) is 19.3 Å². The zero-order valence-electron chi connectivity index (χ0n) is 10.6. The van der Waals surface area contributed by atoms with Gasteiger partial charge in [-0.05, 0) is 31.6 Å². The topological polar surface area (TPSA) is 105 Å². The van der Waals surface area contributed by atoms with Gasteiger partial charge in [-0.1, -0.05) is 6.92 Å². The normalized spacial score (nSPS) is 28.7. The van der Waals surface area contributed by atoms with Gasteiger partial charge in [0.2, 0.25) is 0 Å². The van der Waals surface area contributed by atoms with Crippen molar-refractivity contribution in [1.82, 2.24) is 9.44 Å². The minimum atomic E-state index is -4.02. The van der Waals surface area contributed by atoms with Crippen LogP contribution < -0.4 is 9.44 Å². The molecule has 106 valence electrons. The van der Waals surface area contributed by atoms with Gasteiger partial charge in [-0.15, -0.1) is 0 Å². The maximum Gasteiger partial charge on any atom is 0.421 e. The van der Waals surface area contributed by atoms with E-state index in [0.717, 1.165) is 20.0 Å². The molecule has 0 aromatic heterocycles. The van der Waals surface area contributed by atoms with E-state index in [1.807, 2.05) is 0 Å². The number of carbonyl (C=O) groups excluding carboxylic acids is 1. The van der Waals surface area contributed by atoms with E-state index >= 15 is 0 Å². The van der Waals surface area contributed by atoms with Crippen LogP contribution in [0, 0.1) is 5.92 Å². The van der Waals surface area contributed by atoms with E-state index in [9.17, 15) is 18.3 Å². The molecule has 0 heterocycles. The molecule has 1 fully saturated rings. The average molecular weight is 280 g/mol. The Morgan fingerprint density at radius 3 is 2.44 bits per heavy atom. The van der Waals surface area contributed by atoms with E-state index in [1.54, 1.807) is 4.72 Å². The highest BCUT2D eigenvalue weighted by atomic mass is 32.2. The van der Waals surface area contributed by atoms with Crippen LogP contribution in [0.25, 0.3) is 0 Å². The lowest BCUT2D eigenvalue weighted by molar-refractivity contribution is 0.125. The third-order valence-corrected chi connectivity index (χ3v) is 4.43. The minimum absolute atomic E-state index is 0.290. The standard InChI is InChI=1S/C10H20N2O5S/c1-8-3-5-10(7-13,6-4-8)12-18(15,16)11-9(14)17-2/h8,12-13H,3-7H2,1-2H3,(H,11,14). The smallest absolute Gasteiger partial charge is 0.421 e. The van der Waals surface area contributed by atoms with Gasteiger partial charge in [0, 0.05) is 0 Å². The van der Waals surface area contributed by atoms with E-state index in [-0.39, 0.29) is 6.61 Å². The molecule has 0 aliphatic heterocycles. The number of hydrogen-bond donors (Lipinski definition) is 3. The van der Waals surface area contributed by atoms with Gasteiger partial charge in [0.15, 0.2) is 0 Å². The number of rotatable bonds is 4. The summed E-state index contributed by atoms with van der Waals surface area (Å²) in [6, 6.07) is 0. The maximum atomic E-state index is 11.7. The van der Waals surface area contributed by atoms with Crippen molar-refractivity contribution in [1.29, 1.82) is 0 Å². The molecule has 1 aliphatic rings. The number of aliphatic hydroxyl groups excluding tert-OH is 1. The third kappa shape index (κ3) is 4.11. The summed E-state index contributed by atoms with van der Waals surface area (Å²) in [5.41, 5.74) is -0.883. The Morgan fingerprint density at radius 1 is 1.44 bits per heavy atom. The van der Waals surface area contributed by atoms with Crippen molar-refractivity contribution in [3.63, 3.8) is 0 Å². The molecular weight excluding hydrogens is 260 g/mol. The number of hydrogen-bond acceptors (Lipinski definition) is 5. The van der Waals surface area contributed by atoms with Crippen molar-refractivity contribution in [2.75, 3.05) is 13.7 Å². The summed E-state index contributed by atoms with van der Waals surface area (Å²) in [5.74, 6) is 0.516. The molecule has 0 atom stereocenters. The molecule has 8 heteroatoms. The molecule has 0 radical (unpaired) electrons. The number of ether oxygens (including phenoxy) is 1. The van der Waals surface area contributed by atoms with E-state index < -0.39 is 21.8 Å². The molecule has 0 aromatic carbocycles. The van der Waals surface area contributed by atoms with Gasteiger partial charge < -0.3 is 9.84 Å². The highest BCUT2D eigenvalue weighted by Gasteiger charge is 2.37. The highest BCUT2D eigenvalue weighted by Crippen LogP contribution is 2.31. The third-order valence-electron chi connectivity index (χ3n) is 3.29. The summed E-state index contributed by atoms with van der Waals surface area (Å²) in [6.07, 6.45) is 1.71. The second-order valence-corrected chi connectivity index (χ2v) is 6.24. The van der Waals surface area contributed by atoms with Crippen molar-refractivity contribution in [3.05, 3.63) is 0 Å². The van der Waals surface area contributed by atoms with Crippen molar-refractivity contribution >= 4 is 16.3 Å². The molecular formula is C10H20N2O5S. The van der Waals surface area contributed by atoms with Crippen molar-refractivity contribution in [2.24, 2.45) is 5.92 Å². The largest absolute Gasteiger partial charge is 0.452 e. The van der Waals surface area contributed by atoms with Crippen LogP contribution in [0.5, 0.6) is 0 Å². The predicted molar refractivity (Wildman–Crippen MR) is 65.0 cm³/mol. The van der Waals surface area contributed by atoms with Gasteiger partial charge >= 0.3 is 16.3 Å². The van der Waals surface area contributed by atoms with Crippen LogP contribution in [0.4, 0.5) is 4.79 Å². The summed E-state index contributed by atoms with van der Waals surface area (Å²) < 4.78 is 31.7. The minimum Gasteiger partial charge on any atom is -0.452 e. The summed E-state index contributed by atoms with van der Waals surface area (Å²) in [7, 11) is -2.94. The first-order valence-corrected chi connectivity index (χ1v) is 7.31. The Balaban J connectivity index is 2.70. The highest BCUT2D eigenvalue weighted by molar-refractivity contribution is 7.88. The van der Waals surface area contributed by atoms with E-state index in [4.69, 9.17) is 0 Å². The first-order chi connectivity index (χ1) is 8.32. The molecule has 1 rings (SSSR count). The lowest BCUT2D eigenvalue weighted by Gasteiger charge is -2.38. The number of methoxy groups -OCH3 is 1. The molecule has 0 saturated heterocycles. The van der Waals surface area contributed by atoms with Gasteiger partial charge in [-0.3, -0.25) is 0 Å². The molecule has 1 saturated carbocycles. The van der Waals surface area contributed by atoms with Crippen LogP contribution in [0.1, 0.15) is 32.6 Å². The van der Waals surface area contributed by atoms with Crippen LogP contribution in [-0.4, -0.2) is 38.9 Å². The van der Waals surface area contributed by atoms with Crippen molar-refractivity contribution < 1.29 is 23.1 Å². The Hall–Kier alpha value is -0.860. The predicted octanol–water partition coefficient (Wildman–Crippen LogP) is 0.118. The summed E-state index contributed by atoms with van der Waals surface area (Å²) in [4.78, 5) is 10.9. The first-order valence-electron chi connectivity index (χ1n) is 5.83. The number of aliphatic hydroxyl groups is 1. The van der Waals surface area contributed by atoms with Crippen molar-refractivity contribution in [2.45, 2.75) is 38.1 Å². The van der Waals surface area contributed by atoms with Crippen LogP contribution >= 0.6 is 0 Å². The Morgan fingerprint density at radius 2 is 2.00 bits per heavy atom. The summed E-state index contributed by atoms with van der Waals surface area (Å²) >= 11 is 0. The second kappa shape index (κ2) is 5.85. The van der Waals surface area contributed by atoms with Gasteiger partial charge in [-0.25, -0.2) is 9.52 Å². The Labute approximate surface area is 107 Å². The van der Waals surface area contributed by atoms with Crippen LogP contribution in [0.2, 0.25) is 0 Å². The lowest BCUT2D eigenvalue weighted by Crippen LogP contribution is -2.56. The number of amides is 1. The van der Waals surface area contributed by atoms with Crippen LogP contribution in [0.3, 0.4) is 0 Å². The molecule has 0 spiro atoms. The van der Waals surface area contributed by atoms with E-state index in [1.165, 1.54) is 0 Å². The number of nitrogens with one attached hydrogen (secondary N) is 2. The molecule has 18 heavy (non-hydrogen) atoms. The number of carbonyl (C=O) groups is 1. The zero-order valence-corrected chi connectivity index (χ0v) is 11.4. The summed E-state index contributed by atoms with van der Waals surface area (Å²) in [5, 5.41) is 9.41. The van der Waals surface area contributed by atoms with Crippen molar-refractivity contribution in [3.8, 4) is 0 Å². The first kappa shape index (κ1) is 15.2. The Bertz CT molecular complexity index is 387. The summed E-state index contributed by atoms with van der Waals surface area (Å²) in [6.45, 7) is 1.80. The molecule has 3 N–H and O–H groups in total. The van der Waals surface area contributed by atoms with E-state index in [2.05, 4.69) is 16.4 Å². The molecule has 1 aliphatic carbocycles. The average Bonchev–Trinajstić information content (AvgIpc) is 2.31. The van der Waals surface area contributed by atoms with E-state index in [0.29, 0.717) is 18.8 Å². The molecule has 0 unspecified atom stereocenters. The van der Waals surface area contributed by atoms with Crippen LogP contribution in [0.15, 0.2) is 0 Å². The quantitative estimate of drug-likeness (QED) is 0.678. The van der Waals surface area contributed by atoms with Gasteiger partial charge in [-0.2, -0.15) is 13.1 Å². The lowest BCUT2D eigenvalue weighted by atomic mass is 9.78. The Kier molecular flexibility index (Phi) is 4.94. The zero-order chi connectivity index (χ0) is 13.8. The SMILES string of the molecule is COC(=O)NS(=O)(=O)NC1(CO)CCC(C)CC1. The molecule has 0 aromatic rings. The van der Waals surface area contributed by atoms with Gasteiger partial charge in [0.25, 0.3) is 0 Å². The fourth-order valence-electron chi connectivity index (χ4n) is 2.07. The molecule has 0 bridgehead atoms. The monoisotopic (exact) mass is 280 g/mol. The molecule has 1 amide bonds.